The Bertz CT molecular complexity index is 1080. The summed E-state index contributed by atoms with van der Waals surface area (Å²) in [5, 5.41) is 18.5. The van der Waals surface area contributed by atoms with Crippen LogP contribution in [0, 0.1) is 0 Å². The van der Waals surface area contributed by atoms with E-state index in [1.807, 2.05) is 17.5 Å². The number of methoxy groups -OCH3 is 1. The fraction of sp³-hybridized carbons (Fsp3) is 0.333. The molecule has 1 aromatic heterocycles. The summed E-state index contributed by atoms with van der Waals surface area (Å²) >= 11 is 1.49. The number of rotatable bonds is 9. The van der Waals surface area contributed by atoms with Crippen molar-refractivity contribution in [2.45, 2.75) is 31.6 Å². The van der Waals surface area contributed by atoms with Crippen LogP contribution in [0.15, 0.2) is 53.9 Å². The van der Waals surface area contributed by atoms with E-state index >= 15 is 0 Å². The maximum atomic E-state index is 11.5. The Morgan fingerprint density at radius 2 is 1.91 bits per heavy atom. The van der Waals surface area contributed by atoms with Crippen LogP contribution in [0.25, 0.3) is 0 Å². The minimum absolute atomic E-state index is 0.314. The first-order valence-corrected chi connectivity index (χ1v) is 12.3. The van der Waals surface area contributed by atoms with Gasteiger partial charge >= 0.3 is 5.97 Å². The second-order valence-corrected chi connectivity index (χ2v) is 9.05. The van der Waals surface area contributed by atoms with Gasteiger partial charge in [-0.3, -0.25) is 4.79 Å². The number of ether oxygens (including phenoxy) is 1. The molecule has 3 N–H and O–H groups in total. The molecule has 0 fully saturated rings. The second-order valence-electron chi connectivity index (χ2n) is 8.17. The molecule has 3 aromatic rings. The summed E-state index contributed by atoms with van der Waals surface area (Å²) in [7, 11) is 3.47. The number of hydrogen-bond donors (Lipinski definition) is 3. The largest absolute Gasteiger partial charge is 0.478 e. The van der Waals surface area contributed by atoms with Crippen molar-refractivity contribution in [2.24, 2.45) is 0 Å². The van der Waals surface area contributed by atoms with Crippen molar-refractivity contribution < 1.29 is 19.4 Å². The predicted octanol–water partition coefficient (Wildman–Crippen LogP) is 5.71. The van der Waals surface area contributed by atoms with Gasteiger partial charge in [-0.15, -0.1) is 11.3 Å². The Morgan fingerprint density at radius 3 is 2.56 bits per heavy atom. The number of carboxylic acids is 1. The predicted molar refractivity (Wildman–Crippen MR) is 139 cm³/mol. The third-order valence-electron chi connectivity index (χ3n) is 5.95. The van der Waals surface area contributed by atoms with E-state index in [4.69, 9.17) is 4.74 Å². The Balaban J connectivity index is 0.000000204. The summed E-state index contributed by atoms with van der Waals surface area (Å²) in [5.74, 6) is -0.515. The first kappa shape index (κ1) is 25.5. The average molecular weight is 481 g/mol. The van der Waals surface area contributed by atoms with Crippen LogP contribution in [-0.2, 0) is 17.6 Å². The number of carbonyl (C=O) groups excluding carboxylic acids is 1. The lowest BCUT2D eigenvalue weighted by atomic mass is 9.80. The smallest absolute Gasteiger partial charge is 0.338 e. The van der Waals surface area contributed by atoms with Gasteiger partial charge < -0.3 is 20.5 Å². The van der Waals surface area contributed by atoms with Crippen LogP contribution < -0.4 is 10.6 Å². The zero-order chi connectivity index (χ0) is 24.3. The van der Waals surface area contributed by atoms with Crippen LogP contribution in [0.2, 0.25) is 0 Å². The number of anilines is 2. The number of benzene rings is 2. The van der Waals surface area contributed by atoms with E-state index < -0.39 is 5.97 Å². The third-order valence-corrected chi connectivity index (χ3v) is 6.96. The van der Waals surface area contributed by atoms with Crippen LogP contribution in [0.5, 0.6) is 0 Å². The number of fused-ring (bicyclic) bond motifs is 1. The molecule has 7 heteroatoms. The maximum absolute atomic E-state index is 11.5. The average Bonchev–Trinajstić information content (AvgIpc) is 3.32. The number of carboxylic acid groups (broad SMARTS) is 1. The SMILES string of the molecule is CNc1scc(C2CCc3ccccc3C2)c1C(=O)O.COCCCNc1ccc(C=O)cc1. The highest BCUT2D eigenvalue weighted by atomic mass is 32.1. The number of aldehydes is 1. The minimum atomic E-state index is -0.829. The molecule has 0 spiro atoms. The Hall–Kier alpha value is -3.16. The maximum Gasteiger partial charge on any atom is 0.338 e. The van der Waals surface area contributed by atoms with Crippen LogP contribution in [-0.4, -0.2) is 44.7 Å². The third kappa shape index (κ3) is 6.68. The molecule has 1 atom stereocenters. The van der Waals surface area contributed by atoms with Gasteiger partial charge in [-0.1, -0.05) is 24.3 Å². The number of nitrogens with one attached hydrogen (secondary N) is 2. The van der Waals surface area contributed by atoms with Crippen molar-refractivity contribution >= 4 is 34.3 Å². The summed E-state index contributed by atoms with van der Waals surface area (Å²) in [5.41, 5.74) is 5.95. The van der Waals surface area contributed by atoms with E-state index in [0.717, 1.165) is 61.4 Å². The fourth-order valence-electron chi connectivity index (χ4n) is 4.17. The lowest BCUT2D eigenvalue weighted by Crippen LogP contribution is -2.15. The lowest BCUT2D eigenvalue weighted by Gasteiger charge is -2.24. The Morgan fingerprint density at radius 1 is 1.18 bits per heavy atom. The fourth-order valence-corrected chi connectivity index (χ4v) is 5.16. The van der Waals surface area contributed by atoms with Crippen molar-refractivity contribution in [3.63, 3.8) is 0 Å². The molecule has 1 aliphatic rings. The standard InChI is InChI=1S/C16H17NO2S.C11H15NO2/c1-17-15-14(16(18)19)13(9-20-15)12-7-6-10-4-2-3-5-11(10)8-12;1-14-8-2-7-12-11-5-3-10(9-13)4-6-11/h2-5,9,12,17H,6-8H2,1H3,(H,18,19);3-6,9,12H,2,7-8H2,1H3. The first-order chi connectivity index (χ1) is 16.6. The summed E-state index contributed by atoms with van der Waals surface area (Å²) < 4.78 is 4.93. The van der Waals surface area contributed by atoms with Crippen molar-refractivity contribution in [1.82, 2.24) is 0 Å². The quantitative estimate of drug-likeness (QED) is 0.269. The molecule has 0 saturated carbocycles. The molecule has 0 saturated heterocycles. The van der Waals surface area contributed by atoms with E-state index in [9.17, 15) is 14.7 Å². The molecule has 1 unspecified atom stereocenters. The van der Waals surface area contributed by atoms with Gasteiger partial charge in [-0.2, -0.15) is 0 Å². The molecule has 1 heterocycles. The normalized spacial score (nSPS) is 14.4. The van der Waals surface area contributed by atoms with E-state index in [-0.39, 0.29) is 0 Å². The molecule has 1 aliphatic carbocycles. The summed E-state index contributed by atoms with van der Waals surface area (Å²) in [6, 6.07) is 15.9. The lowest BCUT2D eigenvalue weighted by molar-refractivity contribution is 0.0696. The van der Waals surface area contributed by atoms with Crippen molar-refractivity contribution in [3.05, 3.63) is 81.7 Å². The van der Waals surface area contributed by atoms with Gasteiger partial charge in [-0.25, -0.2) is 4.79 Å². The number of aromatic carboxylic acids is 1. The van der Waals surface area contributed by atoms with E-state index in [2.05, 4.69) is 34.9 Å². The van der Waals surface area contributed by atoms with Gasteiger partial charge in [0.2, 0.25) is 0 Å². The van der Waals surface area contributed by atoms with Gasteiger partial charge in [0.15, 0.2) is 0 Å². The molecular weight excluding hydrogens is 448 g/mol. The highest BCUT2D eigenvalue weighted by Gasteiger charge is 2.27. The van der Waals surface area contributed by atoms with Gasteiger partial charge in [0.05, 0.1) is 5.56 Å². The zero-order valence-electron chi connectivity index (χ0n) is 19.7. The number of aryl methyl sites for hydroxylation is 1. The highest BCUT2D eigenvalue weighted by Crippen LogP contribution is 2.39. The number of hydrogen-bond acceptors (Lipinski definition) is 6. The van der Waals surface area contributed by atoms with E-state index in [0.29, 0.717) is 17.0 Å². The second kappa shape index (κ2) is 12.9. The summed E-state index contributed by atoms with van der Waals surface area (Å²) in [4.78, 5) is 21.9. The molecule has 180 valence electrons. The van der Waals surface area contributed by atoms with Crippen LogP contribution >= 0.6 is 11.3 Å². The topological polar surface area (TPSA) is 87.7 Å². The van der Waals surface area contributed by atoms with Crippen LogP contribution in [0.4, 0.5) is 10.7 Å². The Kier molecular flexibility index (Phi) is 9.67. The van der Waals surface area contributed by atoms with Gasteiger partial charge in [0, 0.05) is 38.6 Å². The van der Waals surface area contributed by atoms with Crippen LogP contribution in [0.1, 0.15) is 56.2 Å². The van der Waals surface area contributed by atoms with Gasteiger partial charge in [0.25, 0.3) is 0 Å². The van der Waals surface area contributed by atoms with Gasteiger partial charge in [0.1, 0.15) is 11.3 Å². The monoisotopic (exact) mass is 480 g/mol. The molecule has 6 nitrogen and oxygen atoms in total. The molecule has 0 bridgehead atoms. The Labute approximate surface area is 205 Å². The molecule has 0 aliphatic heterocycles. The molecular formula is C27H32N2O4S. The van der Waals surface area contributed by atoms with Crippen molar-refractivity contribution in [3.8, 4) is 0 Å². The van der Waals surface area contributed by atoms with Crippen LogP contribution in [0.3, 0.4) is 0 Å². The van der Waals surface area contributed by atoms with E-state index in [1.54, 1.807) is 26.3 Å². The minimum Gasteiger partial charge on any atom is -0.478 e. The zero-order valence-corrected chi connectivity index (χ0v) is 20.5. The number of thiophene rings is 1. The first-order valence-electron chi connectivity index (χ1n) is 11.4. The summed E-state index contributed by atoms with van der Waals surface area (Å²) in [6.45, 7) is 1.65. The van der Waals surface area contributed by atoms with Gasteiger partial charge in [-0.05, 0) is 77.9 Å². The van der Waals surface area contributed by atoms with Crippen molar-refractivity contribution in [2.75, 3.05) is 37.9 Å². The highest BCUT2D eigenvalue weighted by molar-refractivity contribution is 7.14. The molecule has 2 aromatic carbocycles. The number of carbonyl (C=O) groups is 2. The summed E-state index contributed by atoms with van der Waals surface area (Å²) in [6.07, 6.45) is 4.82. The molecule has 0 radical (unpaired) electrons. The van der Waals surface area contributed by atoms with E-state index in [1.165, 1.54) is 22.5 Å². The molecule has 34 heavy (non-hydrogen) atoms. The molecule has 4 rings (SSSR count). The van der Waals surface area contributed by atoms with Crippen molar-refractivity contribution in [1.29, 1.82) is 0 Å². The molecule has 0 amide bonds.